The van der Waals surface area contributed by atoms with E-state index in [9.17, 15) is 4.79 Å². The Kier molecular flexibility index (Phi) is 6.48. The van der Waals surface area contributed by atoms with Crippen LogP contribution in [0.4, 0.5) is 0 Å². The first-order chi connectivity index (χ1) is 13.6. The van der Waals surface area contributed by atoms with E-state index in [1.54, 1.807) is 6.92 Å². The number of para-hydroxylation sites is 2. The SMILES string of the molecule is C=C(C)C(=O)NCCc1nc2ccccc2n1CCOc1ccc(CC)cc1. The maximum Gasteiger partial charge on any atom is 0.246 e. The van der Waals surface area contributed by atoms with Crippen LogP contribution in [0.3, 0.4) is 0 Å². The molecule has 0 spiro atoms. The minimum absolute atomic E-state index is 0.124. The third-order valence-corrected chi connectivity index (χ3v) is 4.67. The summed E-state index contributed by atoms with van der Waals surface area (Å²) in [5.74, 6) is 1.69. The van der Waals surface area contributed by atoms with Gasteiger partial charge >= 0.3 is 0 Å². The first kappa shape index (κ1) is 19.7. The number of aryl methyl sites for hydroxylation is 1. The second-order valence-electron chi connectivity index (χ2n) is 6.80. The normalized spacial score (nSPS) is 10.8. The number of ether oxygens (including phenoxy) is 1. The average Bonchev–Trinajstić information content (AvgIpc) is 3.06. The van der Waals surface area contributed by atoms with Gasteiger partial charge in [0, 0.05) is 18.5 Å². The van der Waals surface area contributed by atoms with Crippen LogP contribution < -0.4 is 10.1 Å². The zero-order valence-corrected chi connectivity index (χ0v) is 16.6. The van der Waals surface area contributed by atoms with Crippen molar-refractivity contribution in [3.05, 3.63) is 72.1 Å². The lowest BCUT2D eigenvalue weighted by Crippen LogP contribution is -2.27. The first-order valence-electron chi connectivity index (χ1n) is 9.68. The van der Waals surface area contributed by atoms with Gasteiger partial charge < -0.3 is 14.6 Å². The Morgan fingerprint density at radius 1 is 1.18 bits per heavy atom. The van der Waals surface area contributed by atoms with Gasteiger partial charge in [0.1, 0.15) is 18.2 Å². The highest BCUT2D eigenvalue weighted by molar-refractivity contribution is 5.92. The van der Waals surface area contributed by atoms with Gasteiger partial charge in [-0.05, 0) is 43.2 Å². The molecule has 0 aliphatic rings. The van der Waals surface area contributed by atoms with E-state index in [0.29, 0.717) is 31.7 Å². The monoisotopic (exact) mass is 377 g/mol. The van der Waals surface area contributed by atoms with Crippen LogP contribution >= 0.6 is 0 Å². The number of imidazole rings is 1. The maximum absolute atomic E-state index is 11.7. The van der Waals surface area contributed by atoms with Crippen molar-refractivity contribution in [1.29, 1.82) is 0 Å². The fourth-order valence-corrected chi connectivity index (χ4v) is 3.08. The summed E-state index contributed by atoms with van der Waals surface area (Å²) in [6.07, 6.45) is 1.67. The lowest BCUT2D eigenvalue weighted by atomic mass is 10.2. The molecule has 0 aliphatic carbocycles. The number of rotatable bonds is 9. The number of hydrogen-bond donors (Lipinski definition) is 1. The van der Waals surface area contributed by atoms with Crippen molar-refractivity contribution in [3.8, 4) is 5.75 Å². The lowest BCUT2D eigenvalue weighted by molar-refractivity contribution is -0.117. The number of benzene rings is 2. The molecule has 0 unspecified atom stereocenters. The molecule has 0 fully saturated rings. The molecule has 0 bridgehead atoms. The van der Waals surface area contributed by atoms with Crippen LogP contribution in [0.25, 0.3) is 11.0 Å². The molecular formula is C23H27N3O2. The first-order valence-corrected chi connectivity index (χ1v) is 9.68. The fraction of sp³-hybridized carbons (Fsp3) is 0.304. The Balaban J connectivity index is 1.67. The van der Waals surface area contributed by atoms with Gasteiger partial charge in [-0.25, -0.2) is 4.98 Å². The summed E-state index contributed by atoms with van der Waals surface area (Å²) in [6, 6.07) is 16.3. The summed E-state index contributed by atoms with van der Waals surface area (Å²) in [7, 11) is 0. The molecule has 1 heterocycles. The second kappa shape index (κ2) is 9.22. The van der Waals surface area contributed by atoms with Gasteiger partial charge in [0.2, 0.25) is 5.91 Å². The Morgan fingerprint density at radius 2 is 1.93 bits per heavy atom. The molecule has 1 aromatic heterocycles. The van der Waals surface area contributed by atoms with Crippen LogP contribution in [-0.4, -0.2) is 28.6 Å². The van der Waals surface area contributed by atoms with E-state index in [1.807, 2.05) is 30.3 Å². The van der Waals surface area contributed by atoms with Crippen LogP contribution in [0, 0.1) is 0 Å². The molecule has 3 aromatic rings. The highest BCUT2D eigenvalue weighted by Gasteiger charge is 2.11. The van der Waals surface area contributed by atoms with E-state index in [1.165, 1.54) is 5.56 Å². The van der Waals surface area contributed by atoms with Gasteiger partial charge in [0.15, 0.2) is 0 Å². The van der Waals surface area contributed by atoms with Gasteiger partial charge in [-0.3, -0.25) is 4.79 Å². The molecule has 0 atom stereocenters. The zero-order chi connectivity index (χ0) is 19.9. The number of nitrogens with zero attached hydrogens (tertiary/aromatic N) is 2. The van der Waals surface area contributed by atoms with E-state index in [-0.39, 0.29) is 5.91 Å². The zero-order valence-electron chi connectivity index (χ0n) is 16.6. The molecule has 28 heavy (non-hydrogen) atoms. The van der Waals surface area contributed by atoms with Gasteiger partial charge in [-0.15, -0.1) is 0 Å². The van der Waals surface area contributed by atoms with Crippen LogP contribution in [0.15, 0.2) is 60.7 Å². The number of fused-ring (bicyclic) bond motifs is 1. The van der Waals surface area contributed by atoms with Gasteiger partial charge in [-0.2, -0.15) is 0 Å². The summed E-state index contributed by atoms with van der Waals surface area (Å²) in [4.78, 5) is 16.4. The molecule has 0 aliphatic heterocycles. The molecule has 1 amide bonds. The molecule has 5 heteroatoms. The predicted molar refractivity (Wildman–Crippen MR) is 113 cm³/mol. The second-order valence-corrected chi connectivity index (χ2v) is 6.80. The molecular weight excluding hydrogens is 350 g/mol. The van der Waals surface area contributed by atoms with Crippen LogP contribution in [0.1, 0.15) is 25.2 Å². The van der Waals surface area contributed by atoms with E-state index < -0.39 is 0 Å². The Morgan fingerprint density at radius 3 is 2.64 bits per heavy atom. The number of nitrogens with one attached hydrogen (secondary N) is 1. The van der Waals surface area contributed by atoms with Crippen LogP contribution in [0.2, 0.25) is 0 Å². The largest absolute Gasteiger partial charge is 0.492 e. The molecule has 0 saturated heterocycles. The van der Waals surface area contributed by atoms with Crippen molar-refractivity contribution in [2.24, 2.45) is 0 Å². The number of carbonyl (C=O) groups excluding carboxylic acids is 1. The number of hydrogen-bond acceptors (Lipinski definition) is 3. The third-order valence-electron chi connectivity index (χ3n) is 4.67. The van der Waals surface area contributed by atoms with Gasteiger partial charge in [-0.1, -0.05) is 37.8 Å². The number of aromatic nitrogens is 2. The van der Waals surface area contributed by atoms with E-state index in [4.69, 9.17) is 9.72 Å². The lowest BCUT2D eigenvalue weighted by Gasteiger charge is -2.11. The molecule has 146 valence electrons. The standard InChI is InChI=1S/C23H27N3O2/c1-4-18-9-11-19(12-10-18)28-16-15-26-21-8-6-5-7-20(21)25-22(26)13-14-24-23(27)17(2)3/h5-12H,2,4,13-16H2,1,3H3,(H,24,27). The molecule has 0 saturated carbocycles. The highest BCUT2D eigenvalue weighted by Crippen LogP contribution is 2.17. The van der Waals surface area contributed by atoms with E-state index in [0.717, 1.165) is 29.0 Å². The molecule has 3 rings (SSSR count). The summed E-state index contributed by atoms with van der Waals surface area (Å²) in [6.45, 7) is 9.28. The number of carbonyl (C=O) groups is 1. The van der Waals surface area contributed by atoms with Crippen LogP contribution in [-0.2, 0) is 24.2 Å². The molecule has 2 aromatic carbocycles. The summed E-state index contributed by atoms with van der Waals surface area (Å²) >= 11 is 0. The summed E-state index contributed by atoms with van der Waals surface area (Å²) < 4.78 is 8.10. The topological polar surface area (TPSA) is 56.2 Å². The van der Waals surface area contributed by atoms with Crippen molar-refractivity contribution < 1.29 is 9.53 Å². The van der Waals surface area contributed by atoms with Crippen molar-refractivity contribution >= 4 is 16.9 Å². The highest BCUT2D eigenvalue weighted by atomic mass is 16.5. The maximum atomic E-state index is 11.7. The van der Waals surface area contributed by atoms with Gasteiger partial charge in [0.05, 0.1) is 17.6 Å². The Bertz CT molecular complexity index is 958. The summed E-state index contributed by atoms with van der Waals surface area (Å²) in [5.41, 5.74) is 3.84. The predicted octanol–water partition coefficient (Wildman–Crippen LogP) is 3.91. The third kappa shape index (κ3) is 4.80. The van der Waals surface area contributed by atoms with Crippen molar-refractivity contribution in [2.45, 2.75) is 33.2 Å². The number of amides is 1. The quantitative estimate of drug-likeness (QED) is 0.575. The molecule has 1 N–H and O–H groups in total. The minimum atomic E-state index is -0.124. The molecule has 0 radical (unpaired) electrons. The summed E-state index contributed by atoms with van der Waals surface area (Å²) in [5, 5.41) is 2.87. The Labute approximate surface area is 166 Å². The van der Waals surface area contributed by atoms with Crippen molar-refractivity contribution in [2.75, 3.05) is 13.2 Å². The van der Waals surface area contributed by atoms with E-state index in [2.05, 4.69) is 41.6 Å². The smallest absolute Gasteiger partial charge is 0.246 e. The minimum Gasteiger partial charge on any atom is -0.492 e. The fourth-order valence-electron chi connectivity index (χ4n) is 3.08. The molecule has 5 nitrogen and oxygen atoms in total. The van der Waals surface area contributed by atoms with Crippen molar-refractivity contribution in [3.63, 3.8) is 0 Å². The van der Waals surface area contributed by atoms with E-state index >= 15 is 0 Å². The van der Waals surface area contributed by atoms with Gasteiger partial charge in [0.25, 0.3) is 0 Å². The Hall–Kier alpha value is -3.08. The van der Waals surface area contributed by atoms with Crippen LogP contribution in [0.5, 0.6) is 5.75 Å². The average molecular weight is 377 g/mol. The van der Waals surface area contributed by atoms with Crippen molar-refractivity contribution in [1.82, 2.24) is 14.9 Å².